The monoisotopic (exact) mass is 261 g/mol. The zero-order valence-corrected chi connectivity index (χ0v) is 12.2. The van der Waals surface area contributed by atoms with Crippen molar-refractivity contribution in [1.82, 2.24) is 0 Å². The van der Waals surface area contributed by atoms with Crippen molar-refractivity contribution < 1.29 is 8.78 Å². The molecule has 0 nitrogen and oxygen atoms in total. The van der Waals surface area contributed by atoms with Crippen LogP contribution in [0.1, 0.15) is 90.4 Å². The molecule has 18 heavy (non-hydrogen) atoms. The Hall–Kier alpha value is -0.140. The summed E-state index contributed by atoms with van der Waals surface area (Å²) in [4.78, 5) is 0. The molecule has 0 rings (SSSR count). The van der Waals surface area contributed by atoms with Crippen LogP contribution in [0.2, 0.25) is 0 Å². The molecule has 0 N–H and O–H groups in total. The standard InChI is InChI=1S/C16H31F2/c1-3-5-7-8-9-10-11-13-15-16(17,18)14-12-6-4-2/h2-15H2,1H3. The van der Waals surface area contributed by atoms with Crippen LogP contribution in [0, 0.1) is 6.92 Å². The number of halogens is 2. The van der Waals surface area contributed by atoms with E-state index in [1.807, 2.05) is 0 Å². The highest BCUT2D eigenvalue weighted by Gasteiger charge is 2.26. The number of unbranched alkanes of at least 4 members (excludes halogenated alkanes) is 9. The molecule has 0 saturated heterocycles. The molecule has 0 heterocycles. The van der Waals surface area contributed by atoms with Gasteiger partial charge in [0.1, 0.15) is 0 Å². The topological polar surface area (TPSA) is 0 Å². The van der Waals surface area contributed by atoms with Crippen LogP contribution in [0.5, 0.6) is 0 Å². The van der Waals surface area contributed by atoms with Gasteiger partial charge in [0.05, 0.1) is 0 Å². The fraction of sp³-hybridized carbons (Fsp3) is 0.938. The van der Waals surface area contributed by atoms with Gasteiger partial charge in [-0.1, -0.05) is 71.6 Å². The molecule has 0 amide bonds. The predicted octanol–water partition coefficient (Wildman–Crippen LogP) is 6.55. The fourth-order valence-electron chi connectivity index (χ4n) is 2.20. The summed E-state index contributed by atoms with van der Waals surface area (Å²) in [7, 11) is 0. The number of hydrogen-bond donors (Lipinski definition) is 0. The molecule has 0 aromatic heterocycles. The highest BCUT2D eigenvalue weighted by atomic mass is 19.3. The summed E-state index contributed by atoms with van der Waals surface area (Å²) in [6, 6.07) is 0. The highest BCUT2D eigenvalue weighted by Crippen LogP contribution is 2.28. The Kier molecular flexibility index (Phi) is 11.8. The van der Waals surface area contributed by atoms with E-state index in [2.05, 4.69) is 13.8 Å². The van der Waals surface area contributed by atoms with Crippen LogP contribution < -0.4 is 0 Å². The second kappa shape index (κ2) is 11.9. The summed E-state index contributed by atoms with van der Waals surface area (Å²) in [5, 5.41) is 0. The van der Waals surface area contributed by atoms with E-state index in [0.29, 0.717) is 12.8 Å². The minimum atomic E-state index is -2.43. The van der Waals surface area contributed by atoms with Crippen LogP contribution in [0.15, 0.2) is 0 Å². The van der Waals surface area contributed by atoms with Crippen molar-refractivity contribution in [2.24, 2.45) is 0 Å². The third kappa shape index (κ3) is 12.3. The average Bonchev–Trinajstić information content (AvgIpc) is 2.33. The van der Waals surface area contributed by atoms with Crippen LogP contribution in [-0.4, -0.2) is 5.92 Å². The van der Waals surface area contributed by atoms with Gasteiger partial charge < -0.3 is 0 Å². The molecule has 0 aliphatic heterocycles. The van der Waals surface area contributed by atoms with Crippen LogP contribution >= 0.6 is 0 Å². The van der Waals surface area contributed by atoms with E-state index in [1.165, 1.54) is 32.1 Å². The maximum absolute atomic E-state index is 13.4. The van der Waals surface area contributed by atoms with Gasteiger partial charge in [0.2, 0.25) is 5.92 Å². The Bertz CT molecular complexity index is 166. The van der Waals surface area contributed by atoms with Crippen molar-refractivity contribution >= 4 is 0 Å². The van der Waals surface area contributed by atoms with Crippen molar-refractivity contribution in [1.29, 1.82) is 0 Å². The maximum Gasteiger partial charge on any atom is 0.248 e. The zero-order chi connectivity index (χ0) is 13.7. The van der Waals surface area contributed by atoms with Crippen molar-refractivity contribution in [3.63, 3.8) is 0 Å². The molecule has 0 aliphatic rings. The first-order valence-electron chi connectivity index (χ1n) is 7.79. The van der Waals surface area contributed by atoms with Crippen molar-refractivity contribution in [3.05, 3.63) is 6.92 Å². The summed E-state index contributed by atoms with van der Waals surface area (Å²) in [6.07, 6.45) is 11.5. The first-order chi connectivity index (χ1) is 8.62. The first kappa shape index (κ1) is 17.9. The molecule has 0 atom stereocenters. The van der Waals surface area contributed by atoms with E-state index < -0.39 is 5.92 Å². The molecular weight excluding hydrogens is 230 g/mol. The van der Waals surface area contributed by atoms with Gasteiger partial charge in [-0.2, -0.15) is 0 Å². The predicted molar refractivity (Wildman–Crippen MR) is 76.0 cm³/mol. The minimum Gasteiger partial charge on any atom is -0.207 e. The second-order valence-corrected chi connectivity index (χ2v) is 5.39. The van der Waals surface area contributed by atoms with E-state index in [1.54, 1.807) is 0 Å². The second-order valence-electron chi connectivity index (χ2n) is 5.39. The first-order valence-corrected chi connectivity index (χ1v) is 7.79. The maximum atomic E-state index is 13.4. The van der Waals surface area contributed by atoms with E-state index in [9.17, 15) is 8.78 Å². The summed E-state index contributed by atoms with van der Waals surface area (Å²) in [5.41, 5.74) is 0. The van der Waals surface area contributed by atoms with E-state index in [4.69, 9.17) is 0 Å². The lowest BCUT2D eigenvalue weighted by molar-refractivity contribution is -0.0205. The molecule has 0 bridgehead atoms. The third-order valence-corrected chi connectivity index (χ3v) is 3.44. The Morgan fingerprint density at radius 1 is 0.722 bits per heavy atom. The number of hydrogen-bond acceptors (Lipinski definition) is 0. The van der Waals surface area contributed by atoms with Gasteiger partial charge in [0, 0.05) is 12.8 Å². The molecule has 1 radical (unpaired) electrons. The van der Waals surface area contributed by atoms with E-state index >= 15 is 0 Å². The average molecular weight is 261 g/mol. The smallest absolute Gasteiger partial charge is 0.207 e. The van der Waals surface area contributed by atoms with Crippen LogP contribution in [-0.2, 0) is 0 Å². The molecular formula is C16H31F2. The molecule has 0 spiro atoms. The van der Waals surface area contributed by atoms with E-state index in [-0.39, 0.29) is 12.8 Å². The Morgan fingerprint density at radius 3 is 1.67 bits per heavy atom. The molecule has 109 valence electrons. The van der Waals surface area contributed by atoms with Crippen LogP contribution in [0.4, 0.5) is 8.78 Å². The highest BCUT2D eigenvalue weighted by molar-refractivity contribution is 4.66. The van der Waals surface area contributed by atoms with Gasteiger partial charge in [-0.05, 0) is 12.8 Å². The molecule has 2 heteroatoms. The summed E-state index contributed by atoms with van der Waals surface area (Å²) in [6.45, 7) is 5.88. The summed E-state index contributed by atoms with van der Waals surface area (Å²) < 4.78 is 26.8. The molecule has 0 aromatic rings. The molecule has 0 unspecified atom stereocenters. The lowest BCUT2D eigenvalue weighted by Crippen LogP contribution is -2.15. The molecule has 0 saturated carbocycles. The Labute approximate surface area is 113 Å². The van der Waals surface area contributed by atoms with Gasteiger partial charge in [-0.15, -0.1) is 0 Å². The van der Waals surface area contributed by atoms with Crippen LogP contribution in [0.25, 0.3) is 0 Å². The number of alkyl halides is 2. The van der Waals surface area contributed by atoms with Gasteiger partial charge >= 0.3 is 0 Å². The van der Waals surface area contributed by atoms with Gasteiger partial charge in [0.25, 0.3) is 0 Å². The lowest BCUT2D eigenvalue weighted by atomic mass is 10.0. The third-order valence-electron chi connectivity index (χ3n) is 3.44. The molecule has 0 aliphatic carbocycles. The summed E-state index contributed by atoms with van der Waals surface area (Å²) >= 11 is 0. The summed E-state index contributed by atoms with van der Waals surface area (Å²) in [5.74, 6) is -2.43. The van der Waals surface area contributed by atoms with Gasteiger partial charge in [-0.25, -0.2) is 8.78 Å². The number of rotatable bonds is 13. The SMILES string of the molecule is [CH2]CCCCC(F)(F)CCCCCCCCCC. The Morgan fingerprint density at radius 2 is 1.17 bits per heavy atom. The molecule has 0 aromatic carbocycles. The zero-order valence-electron chi connectivity index (χ0n) is 12.2. The fourth-order valence-corrected chi connectivity index (χ4v) is 2.20. The lowest BCUT2D eigenvalue weighted by Gasteiger charge is -2.15. The van der Waals surface area contributed by atoms with Crippen molar-refractivity contribution in [2.75, 3.05) is 0 Å². The minimum absolute atomic E-state index is 0.0546. The van der Waals surface area contributed by atoms with Crippen molar-refractivity contribution in [2.45, 2.75) is 96.3 Å². The van der Waals surface area contributed by atoms with Crippen LogP contribution in [0.3, 0.4) is 0 Å². The normalized spacial score (nSPS) is 12.0. The quantitative estimate of drug-likeness (QED) is 0.330. The van der Waals surface area contributed by atoms with Gasteiger partial charge in [-0.3, -0.25) is 0 Å². The molecule has 0 fully saturated rings. The largest absolute Gasteiger partial charge is 0.248 e. The van der Waals surface area contributed by atoms with E-state index in [0.717, 1.165) is 25.7 Å². The van der Waals surface area contributed by atoms with Crippen molar-refractivity contribution in [3.8, 4) is 0 Å². The Balaban J connectivity index is 3.30. The van der Waals surface area contributed by atoms with Gasteiger partial charge in [0.15, 0.2) is 0 Å².